The van der Waals surface area contributed by atoms with Gasteiger partial charge in [-0.3, -0.25) is 4.79 Å². The molecule has 132 valence electrons. The van der Waals surface area contributed by atoms with E-state index in [1.165, 1.54) is 5.56 Å². The lowest BCUT2D eigenvalue weighted by atomic mass is 9.82. The molecule has 0 bridgehead atoms. The molecule has 0 radical (unpaired) electrons. The largest absolute Gasteiger partial charge is 0.393 e. The Balaban J connectivity index is 1.53. The predicted octanol–water partition coefficient (Wildman–Crippen LogP) is 4.24. The van der Waals surface area contributed by atoms with E-state index in [-0.39, 0.29) is 12.0 Å². The Morgan fingerprint density at radius 1 is 1.04 bits per heavy atom. The van der Waals surface area contributed by atoms with E-state index in [2.05, 4.69) is 29.6 Å². The van der Waals surface area contributed by atoms with Crippen LogP contribution >= 0.6 is 11.6 Å². The standard InChI is InChI=1S/C21H24ClNO2/c22-20(23-21(25)18-4-2-1-3-5-18)14-15-6-8-16(9-7-15)17-10-12-19(24)13-11-17/h1-9,17,19-20,24H,10-14H2,(H,23,25). The number of benzene rings is 2. The average Bonchev–Trinajstić information content (AvgIpc) is 2.64. The van der Waals surface area contributed by atoms with Gasteiger partial charge in [-0.15, -0.1) is 0 Å². The lowest BCUT2D eigenvalue weighted by Gasteiger charge is -2.25. The molecule has 1 unspecified atom stereocenters. The van der Waals surface area contributed by atoms with Crippen molar-refractivity contribution in [3.8, 4) is 0 Å². The van der Waals surface area contributed by atoms with E-state index in [9.17, 15) is 9.90 Å². The monoisotopic (exact) mass is 357 g/mol. The van der Waals surface area contributed by atoms with Crippen molar-refractivity contribution in [2.45, 2.75) is 49.6 Å². The summed E-state index contributed by atoms with van der Waals surface area (Å²) in [7, 11) is 0. The molecule has 3 rings (SSSR count). The lowest BCUT2D eigenvalue weighted by molar-refractivity contribution is 0.0949. The van der Waals surface area contributed by atoms with Gasteiger partial charge in [0.25, 0.3) is 5.91 Å². The first kappa shape index (κ1) is 18.0. The van der Waals surface area contributed by atoms with E-state index in [1.54, 1.807) is 12.1 Å². The fraction of sp³-hybridized carbons (Fsp3) is 0.381. The van der Waals surface area contributed by atoms with Gasteiger partial charge in [0.1, 0.15) is 5.50 Å². The second kappa shape index (κ2) is 8.50. The lowest BCUT2D eigenvalue weighted by Crippen LogP contribution is -2.32. The molecule has 1 saturated carbocycles. The number of carbonyl (C=O) groups excluding carboxylic acids is 1. The van der Waals surface area contributed by atoms with Crippen molar-refractivity contribution < 1.29 is 9.90 Å². The summed E-state index contributed by atoms with van der Waals surface area (Å²) in [5.41, 5.74) is 2.61. The average molecular weight is 358 g/mol. The summed E-state index contributed by atoms with van der Waals surface area (Å²) in [5, 5.41) is 12.4. The predicted molar refractivity (Wildman–Crippen MR) is 101 cm³/mol. The molecule has 25 heavy (non-hydrogen) atoms. The van der Waals surface area contributed by atoms with Gasteiger partial charge in [0.05, 0.1) is 6.10 Å². The van der Waals surface area contributed by atoms with Crippen LogP contribution in [0.1, 0.15) is 53.1 Å². The minimum Gasteiger partial charge on any atom is -0.393 e. The SMILES string of the molecule is O=C(NC(Cl)Cc1ccc(C2CCC(O)CC2)cc1)c1ccccc1. The summed E-state index contributed by atoms with van der Waals surface area (Å²) >= 11 is 6.30. The molecule has 0 spiro atoms. The molecule has 0 aliphatic heterocycles. The first-order chi connectivity index (χ1) is 12.1. The summed E-state index contributed by atoms with van der Waals surface area (Å²) in [6.45, 7) is 0. The number of aliphatic hydroxyl groups excluding tert-OH is 1. The summed E-state index contributed by atoms with van der Waals surface area (Å²) in [6, 6.07) is 17.6. The van der Waals surface area contributed by atoms with Gasteiger partial charge in [-0.2, -0.15) is 0 Å². The number of amides is 1. The van der Waals surface area contributed by atoms with Crippen LogP contribution in [0.3, 0.4) is 0 Å². The van der Waals surface area contributed by atoms with Gasteiger partial charge in [-0.25, -0.2) is 0 Å². The van der Waals surface area contributed by atoms with Crippen LogP contribution in [-0.2, 0) is 6.42 Å². The summed E-state index contributed by atoms with van der Waals surface area (Å²) in [6.07, 6.45) is 4.34. The van der Waals surface area contributed by atoms with Gasteiger partial charge in [-0.1, -0.05) is 54.1 Å². The topological polar surface area (TPSA) is 49.3 Å². The second-order valence-corrected chi connectivity index (χ2v) is 7.29. The smallest absolute Gasteiger partial charge is 0.252 e. The zero-order valence-electron chi connectivity index (χ0n) is 14.2. The maximum Gasteiger partial charge on any atom is 0.252 e. The van der Waals surface area contributed by atoms with Crippen molar-refractivity contribution in [1.29, 1.82) is 0 Å². The number of hydrogen-bond donors (Lipinski definition) is 2. The molecule has 3 nitrogen and oxygen atoms in total. The number of nitrogens with one attached hydrogen (secondary N) is 1. The fourth-order valence-electron chi connectivity index (χ4n) is 3.41. The maximum absolute atomic E-state index is 12.1. The molecule has 2 aromatic rings. The summed E-state index contributed by atoms with van der Waals surface area (Å²) in [4.78, 5) is 12.1. The van der Waals surface area contributed by atoms with Crippen LogP contribution in [-0.4, -0.2) is 22.6 Å². The molecular weight excluding hydrogens is 334 g/mol. The Morgan fingerprint density at radius 2 is 1.68 bits per heavy atom. The van der Waals surface area contributed by atoms with Gasteiger partial charge in [-0.05, 0) is 54.9 Å². The van der Waals surface area contributed by atoms with Gasteiger partial charge in [0.15, 0.2) is 0 Å². The van der Waals surface area contributed by atoms with E-state index in [0.717, 1.165) is 31.2 Å². The highest BCUT2D eigenvalue weighted by Crippen LogP contribution is 2.32. The Kier molecular flexibility index (Phi) is 6.11. The van der Waals surface area contributed by atoms with Crippen molar-refractivity contribution >= 4 is 17.5 Å². The highest BCUT2D eigenvalue weighted by molar-refractivity contribution is 6.21. The zero-order chi connectivity index (χ0) is 17.6. The van der Waals surface area contributed by atoms with Crippen LogP contribution in [0.2, 0.25) is 0 Å². The van der Waals surface area contributed by atoms with Crippen molar-refractivity contribution in [2.24, 2.45) is 0 Å². The Morgan fingerprint density at radius 3 is 2.32 bits per heavy atom. The highest BCUT2D eigenvalue weighted by Gasteiger charge is 2.20. The van der Waals surface area contributed by atoms with Crippen LogP contribution in [0.15, 0.2) is 54.6 Å². The van der Waals surface area contributed by atoms with Gasteiger partial charge < -0.3 is 10.4 Å². The van der Waals surface area contributed by atoms with Crippen LogP contribution < -0.4 is 5.32 Å². The second-order valence-electron chi connectivity index (χ2n) is 6.76. The third-order valence-electron chi connectivity index (χ3n) is 4.89. The van der Waals surface area contributed by atoms with Crippen molar-refractivity contribution in [3.05, 3.63) is 71.3 Å². The number of hydrogen-bond acceptors (Lipinski definition) is 2. The molecule has 1 amide bonds. The van der Waals surface area contributed by atoms with Gasteiger partial charge >= 0.3 is 0 Å². The first-order valence-electron chi connectivity index (χ1n) is 8.88. The molecule has 1 aliphatic carbocycles. The number of rotatable bonds is 5. The minimum atomic E-state index is -0.441. The molecule has 0 heterocycles. The van der Waals surface area contributed by atoms with Gasteiger partial charge in [0, 0.05) is 12.0 Å². The van der Waals surface area contributed by atoms with Crippen LogP contribution in [0, 0.1) is 0 Å². The molecular formula is C21H24ClNO2. The van der Waals surface area contributed by atoms with Crippen LogP contribution in [0.25, 0.3) is 0 Å². The van der Waals surface area contributed by atoms with E-state index < -0.39 is 5.50 Å². The van der Waals surface area contributed by atoms with Crippen molar-refractivity contribution in [2.75, 3.05) is 0 Å². The zero-order valence-corrected chi connectivity index (χ0v) is 15.0. The summed E-state index contributed by atoms with van der Waals surface area (Å²) < 4.78 is 0. The van der Waals surface area contributed by atoms with Crippen molar-refractivity contribution in [3.63, 3.8) is 0 Å². The van der Waals surface area contributed by atoms with Gasteiger partial charge in [0.2, 0.25) is 0 Å². The number of halogens is 1. The number of carbonyl (C=O) groups is 1. The molecule has 0 aromatic heterocycles. The highest BCUT2D eigenvalue weighted by atomic mass is 35.5. The fourth-order valence-corrected chi connectivity index (χ4v) is 3.69. The molecule has 1 aliphatic rings. The van der Waals surface area contributed by atoms with E-state index in [4.69, 9.17) is 11.6 Å². The Bertz CT molecular complexity index is 679. The van der Waals surface area contributed by atoms with E-state index >= 15 is 0 Å². The molecule has 1 atom stereocenters. The Hall–Kier alpha value is -1.84. The third kappa shape index (κ3) is 5.07. The summed E-state index contributed by atoms with van der Waals surface area (Å²) in [5.74, 6) is 0.389. The van der Waals surface area contributed by atoms with E-state index in [1.807, 2.05) is 18.2 Å². The molecule has 2 aromatic carbocycles. The number of aliphatic hydroxyl groups is 1. The maximum atomic E-state index is 12.1. The van der Waals surface area contributed by atoms with Crippen LogP contribution in [0.5, 0.6) is 0 Å². The van der Waals surface area contributed by atoms with Crippen LogP contribution in [0.4, 0.5) is 0 Å². The Labute approximate surface area is 154 Å². The normalized spacial score (nSPS) is 21.5. The molecule has 2 N–H and O–H groups in total. The molecule has 4 heteroatoms. The first-order valence-corrected chi connectivity index (χ1v) is 9.32. The minimum absolute atomic E-state index is 0.124. The third-order valence-corrected chi connectivity index (χ3v) is 5.15. The van der Waals surface area contributed by atoms with Crippen molar-refractivity contribution in [1.82, 2.24) is 5.32 Å². The quantitative estimate of drug-likeness (QED) is 0.621. The molecule has 1 fully saturated rings. The van der Waals surface area contributed by atoms with E-state index in [0.29, 0.717) is 17.9 Å². The molecule has 0 saturated heterocycles. The number of alkyl halides is 1.